The Kier molecular flexibility index (Phi) is 6.51. The minimum absolute atomic E-state index is 0.284. The third-order valence-corrected chi connectivity index (χ3v) is 4.75. The van der Waals surface area contributed by atoms with E-state index < -0.39 is 0 Å². The van der Waals surface area contributed by atoms with Gasteiger partial charge in [0.25, 0.3) is 0 Å². The summed E-state index contributed by atoms with van der Waals surface area (Å²) in [7, 11) is 1.71. The zero-order valence-electron chi connectivity index (χ0n) is 12.2. The molecule has 0 aliphatic heterocycles. The average Bonchev–Trinajstić information content (AvgIpc) is 2.49. The quantitative estimate of drug-likeness (QED) is 0.616. The van der Waals surface area contributed by atoms with E-state index in [0.29, 0.717) is 0 Å². The highest BCUT2D eigenvalue weighted by Gasteiger charge is 2.15. The van der Waals surface area contributed by atoms with Crippen LogP contribution in [0.25, 0.3) is 0 Å². The third kappa shape index (κ3) is 4.69. The molecule has 0 aromatic heterocycles. The van der Waals surface area contributed by atoms with Crippen LogP contribution < -0.4 is 10.1 Å². The fourth-order valence-corrected chi connectivity index (χ4v) is 3.39. The molecule has 2 aromatic rings. The number of ether oxygens (including phenoxy) is 1. The van der Waals surface area contributed by atoms with E-state index in [4.69, 9.17) is 4.74 Å². The second-order valence-electron chi connectivity index (χ2n) is 4.83. The molecule has 0 aliphatic rings. The molecule has 0 saturated carbocycles. The molecule has 112 valence electrons. The van der Waals surface area contributed by atoms with Crippen LogP contribution in [0.2, 0.25) is 0 Å². The first-order valence-electron chi connectivity index (χ1n) is 6.95. The molecule has 4 heteroatoms. The van der Waals surface area contributed by atoms with Gasteiger partial charge in [-0.1, -0.05) is 35.0 Å². The topological polar surface area (TPSA) is 21.3 Å². The van der Waals surface area contributed by atoms with Gasteiger partial charge in [-0.2, -0.15) is 0 Å². The first-order valence-corrected chi connectivity index (χ1v) is 8.82. The predicted molar refractivity (Wildman–Crippen MR) is 100.0 cm³/mol. The second-order valence-corrected chi connectivity index (χ2v) is 6.93. The Hall–Kier alpha value is -0.590. The molecule has 1 atom stereocenters. The summed E-state index contributed by atoms with van der Waals surface area (Å²) in [5, 5.41) is 3.58. The van der Waals surface area contributed by atoms with Crippen LogP contribution in [0, 0.1) is 3.57 Å². The number of methoxy groups -OCH3 is 1. The Labute approximate surface area is 148 Å². The van der Waals surface area contributed by atoms with E-state index in [1.807, 2.05) is 12.1 Å². The number of likely N-dealkylation sites (N-methyl/N-ethyl adjacent to an activating group) is 1. The van der Waals surface area contributed by atoms with Crippen molar-refractivity contribution in [2.24, 2.45) is 0 Å². The molecule has 0 radical (unpaired) electrons. The Morgan fingerprint density at radius 1 is 1.24 bits per heavy atom. The highest BCUT2D eigenvalue weighted by atomic mass is 127. The SMILES string of the molecule is CCNC(Cc1cccc(OC)c1)c1cc(I)ccc1Br. The molecule has 21 heavy (non-hydrogen) atoms. The number of hydrogen-bond acceptors (Lipinski definition) is 2. The van der Waals surface area contributed by atoms with Crippen molar-refractivity contribution >= 4 is 38.5 Å². The largest absolute Gasteiger partial charge is 0.497 e. The monoisotopic (exact) mass is 459 g/mol. The van der Waals surface area contributed by atoms with Gasteiger partial charge in [0.05, 0.1) is 7.11 Å². The first-order chi connectivity index (χ1) is 10.1. The molecule has 2 aromatic carbocycles. The number of hydrogen-bond donors (Lipinski definition) is 1. The predicted octanol–water partition coefficient (Wildman–Crippen LogP) is 4.96. The van der Waals surface area contributed by atoms with Gasteiger partial charge in [-0.15, -0.1) is 0 Å². The zero-order valence-corrected chi connectivity index (χ0v) is 15.9. The Morgan fingerprint density at radius 3 is 2.76 bits per heavy atom. The lowest BCUT2D eigenvalue weighted by Gasteiger charge is -2.20. The van der Waals surface area contributed by atoms with Gasteiger partial charge >= 0.3 is 0 Å². The van der Waals surface area contributed by atoms with Crippen LogP contribution in [-0.2, 0) is 6.42 Å². The van der Waals surface area contributed by atoms with Crippen LogP contribution in [0.5, 0.6) is 5.75 Å². The van der Waals surface area contributed by atoms with E-state index in [1.165, 1.54) is 14.7 Å². The van der Waals surface area contributed by atoms with Crippen LogP contribution in [0.3, 0.4) is 0 Å². The molecule has 0 fully saturated rings. The summed E-state index contributed by atoms with van der Waals surface area (Å²) in [4.78, 5) is 0. The van der Waals surface area contributed by atoms with E-state index in [0.717, 1.165) is 23.2 Å². The van der Waals surface area contributed by atoms with Crippen molar-refractivity contribution in [3.05, 3.63) is 61.6 Å². The molecule has 0 amide bonds. The molecule has 1 N–H and O–H groups in total. The number of rotatable bonds is 6. The Bertz CT molecular complexity index is 603. The lowest BCUT2D eigenvalue weighted by molar-refractivity contribution is 0.414. The van der Waals surface area contributed by atoms with Crippen molar-refractivity contribution < 1.29 is 4.74 Å². The van der Waals surface area contributed by atoms with Crippen molar-refractivity contribution in [2.75, 3.05) is 13.7 Å². The van der Waals surface area contributed by atoms with Crippen LogP contribution in [0.1, 0.15) is 24.1 Å². The molecule has 0 saturated heterocycles. The van der Waals surface area contributed by atoms with Gasteiger partial charge in [0, 0.05) is 14.1 Å². The summed E-state index contributed by atoms with van der Waals surface area (Å²) in [5.41, 5.74) is 2.57. The Morgan fingerprint density at radius 2 is 2.05 bits per heavy atom. The summed E-state index contributed by atoms with van der Waals surface area (Å²) in [6.07, 6.45) is 0.934. The summed E-state index contributed by atoms with van der Waals surface area (Å²) >= 11 is 6.03. The second kappa shape index (κ2) is 8.15. The molecular weight excluding hydrogens is 441 g/mol. The van der Waals surface area contributed by atoms with E-state index in [2.05, 4.69) is 81.1 Å². The van der Waals surface area contributed by atoms with Crippen LogP contribution in [-0.4, -0.2) is 13.7 Å². The van der Waals surface area contributed by atoms with E-state index in [-0.39, 0.29) is 6.04 Å². The molecule has 0 bridgehead atoms. The summed E-state index contributed by atoms with van der Waals surface area (Å²) in [6.45, 7) is 3.08. The third-order valence-electron chi connectivity index (χ3n) is 3.36. The number of benzene rings is 2. The highest BCUT2D eigenvalue weighted by Crippen LogP contribution is 2.28. The smallest absolute Gasteiger partial charge is 0.119 e. The maximum atomic E-state index is 5.31. The van der Waals surface area contributed by atoms with Gasteiger partial charge in [-0.25, -0.2) is 0 Å². The van der Waals surface area contributed by atoms with Crippen molar-refractivity contribution in [2.45, 2.75) is 19.4 Å². The summed E-state index contributed by atoms with van der Waals surface area (Å²) in [6, 6.07) is 15.0. The van der Waals surface area contributed by atoms with Crippen molar-refractivity contribution in [3.8, 4) is 5.75 Å². The number of halogens is 2. The fourth-order valence-electron chi connectivity index (χ4n) is 2.36. The van der Waals surface area contributed by atoms with Gasteiger partial charge in [0.15, 0.2) is 0 Å². The van der Waals surface area contributed by atoms with Gasteiger partial charge < -0.3 is 10.1 Å². The normalized spacial score (nSPS) is 12.2. The molecular formula is C17H19BrINO. The lowest BCUT2D eigenvalue weighted by Crippen LogP contribution is -2.23. The van der Waals surface area contributed by atoms with Crippen molar-refractivity contribution in [1.82, 2.24) is 5.32 Å². The molecule has 2 nitrogen and oxygen atoms in total. The van der Waals surface area contributed by atoms with Gasteiger partial charge in [-0.05, 0) is 77.0 Å². The van der Waals surface area contributed by atoms with E-state index >= 15 is 0 Å². The molecule has 0 aliphatic carbocycles. The first kappa shape index (κ1) is 16.8. The van der Waals surface area contributed by atoms with Crippen LogP contribution in [0.15, 0.2) is 46.9 Å². The number of nitrogens with one attached hydrogen (secondary N) is 1. The molecule has 1 unspecified atom stereocenters. The van der Waals surface area contributed by atoms with E-state index in [9.17, 15) is 0 Å². The minimum atomic E-state index is 0.284. The Balaban J connectivity index is 2.28. The molecule has 2 rings (SSSR count). The lowest BCUT2D eigenvalue weighted by atomic mass is 9.98. The van der Waals surface area contributed by atoms with Crippen molar-refractivity contribution in [3.63, 3.8) is 0 Å². The maximum absolute atomic E-state index is 5.31. The fraction of sp³-hybridized carbons (Fsp3) is 0.294. The minimum Gasteiger partial charge on any atom is -0.497 e. The van der Waals surface area contributed by atoms with Gasteiger partial charge in [-0.3, -0.25) is 0 Å². The van der Waals surface area contributed by atoms with E-state index in [1.54, 1.807) is 7.11 Å². The van der Waals surface area contributed by atoms with Crippen molar-refractivity contribution in [1.29, 1.82) is 0 Å². The van der Waals surface area contributed by atoms with Gasteiger partial charge in [0.2, 0.25) is 0 Å². The maximum Gasteiger partial charge on any atom is 0.119 e. The average molecular weight is 460 g/mol. The molecule has 0 heterocycles. The highest BCUT2D eigenvalue weighted by molar-refractivity contribution is 14.1. The summed E-state index contributed by atoms with van der Waals surface area (Å²) in [5.74, 6) is 0.907. The molecule has 0 spiro atoms. The van der Waals surface area contributed by atoms with Crippen LogP contribution in [0.4, 0.5) is 0 Å². The van der Waals surface area contributed by atoms with Crippen LogP contribution >= 0.6 is 38.5 Å². The standard InChI is InChI=1S/C17H19BrINO/c1-3-20-17(15-11-13(19)7-8-16(15)18)10-12-5-4-6-14(9-12)21-2/h4-9,11,17,20H,3,10H2,1-2H3. The van der Waals surface area contributed by atoms with Gasteiger partial charge in [0.1, 0.15) is 5.75 Å². The summed E-state index contributed by atoms with van der Waals surface area (Å²) < 4.78 is 7.71. The zero-order chi connectivity index (χ0) is 15.2.